The highest BCUT2D eigenvalue weighted by atomic mass is 35.5. The minimum atomic E-state index is -4.78. The van der Waals surface area contributed by atoms with Crippen molar-refractivity contribution in [1.82, 2.24) is 10.1 Å². The van der Waals surface area contributed by atoms with E-state index in [2.05, 4.69) is 10.1 Å². The molecule has 2 heterocycles. The number of carbonyl (C=O) groups is 1. The van der Waals surface area contributed by atoms with Crippen LogP contribution in [0.5, 0.6) is 5.75 Å². The highest BCUT2D eigenvalue weighted by molar-refractivity contribution is 7.92. The fourth-order valence-corrected chi connectivity index (χ4v) is 5.98. The van der Waals surface area contributed by atoms with E-state index in [1.54, 1.807) is 0 Å². The summed E-state index contributed by atoms with van der Waals surface area (Å²) >= 11 is 6.07. The first-order valence-corrected chi connectivity index (χ1v) is 13.7. The average Bonchev–Trinajstić information content (AvgIpc) is 3.40. The summed E-state index contributed by atoms with van der Waals surface area (Å²) in [5.41, 5.74) is -0.670. The Kier molecular flexibility index (Phi) is 7.38. The summed E-state index contributed by atoms with van der Waals surface area (Å²) in [6.07, 6.45) is -6.07. The summed E-state index contributed by atoms with van der Waals surface area (Å²) in [7, 11) is -4.59. The fraction of sp³-hybridized carbons (Fsp3) is 0.192. The van der Waals surface area contributed by atoms with E-state index in [-0.39, 0.29) is 58.7 Å². The maximum Gasteiger partial charge on any atom is 0.416 e. The van der Waals surface area contributed by atoms with Crippen molar-refractivity contribution in [3.63, 3.8) is 0 Å². The van der Waals surface area contributed by atoms with Crippen molar-refractivity contribution >= 4 is 33.3 Å². The van der Waals surface area contributed by atoms with E-state index in [0.29, 0.717) is 6.07 Å². The summed E-state index contributed by atoms with van der Waals surface area (Å²) < 4.78 is 92.9. The lowest BCUT2D eigenvalue weighted by atomic mass is 10.1. The third kappa shape index (κ3) is 5.84. The van der Waals surface area contributed by atoms with Gasteiger partial charge in [0.05, 0.1) is 33.3 Å². The second-order valence-corrected chi connectivity index (χ2v) is 11.2. The van der Waals surface area contributed by atoms with Crippen LogP contribution in [-0.4, -0.2) is 42.3 Å². The van der Waals surface area contributed by atoms with Gasteiger partial charge in [0.2, 0.25) is 5.82 Å². The van der Waals surface area contributed by atoms with Crippen LogP contribution in [0.4, 0.5) is 23.2 Å². The molecule has 0 saturated heterocycles. The van der Waals surface area contributed by atoms with Gasteiger partial charge in [-0.25, -0.2) is 12.8 Å². The van der Waals surface area contributed by atoms with E-state index in [1.165, 1.54) is 24.3 Å². The molecule has 0 fully saturated rings. The third-order valence-corrected chi connectivity index (χ3v) is 8.25. The zero-order valence-electron chi connectivity index (χ0n) is 20.6. The maximum atomic E-state index is 13.7. The Bertz CT molecular complexity index is 1750. The van der Waals surface area contributed by atoms with Gasteiger partial charge in [0.1, 0.15) is 17.7 Å². The van der Waals surface area contributed by atoms with Crippen molar-refractivity contribution in [2.24, 2.45) is 0 Å². The van der Waals surface area contributed by atoms with Gasteiger partial charge in [0.15, 0.2) is 0 Å². The van der Waals surface area contributed by atoms with Crippen molar-refractivity contribution < 1.29 is 45.1 Å². The number of halogens is 5. The van der Waals surface area contributed by atoms with Crippen LogP contribution in [0.25, 0.3) is 22.8 Å². The van der Waals surface area contributed by atoms with Crippen LogP contribution in [-0.2, 0) is 21.0 Å². The predicted octanol–water partition coefficient (Wildman–Crippen LogP) is 6.04. The smallest absolute Gasteiger partial charge is 0.416 e. The van der Waals surface area contributed by atoms with Gasteiger partial charge >= 0.3 is 12.1 Å². The average molecular weight is 612 g/mol. The molecule has 15 heteroatoms. The number of carboxylic acids is 1. The molecule has 0 amide bonds. The second-order valence-electron chi connectivity index (χ2n) is 8.96. The Balaban J connectivity index is 1.56. The standard InChI is InChI=1S/C26H18ClF4N3O6S/c27-20-12-16(28)5-7-19(20)25-32-24(33-40-25)14-4-8-22-21(10-14)34(13-17(39-22)6-9-23(35)36)41(37,38)18-3-1-2-15(11-18)26(29,30)31/h1-5,7-8,10-12,17H,6,9,13H2,(H,35,36). The van der Waals surface area contributed by atoms with E-state index >= 15 is 0 Å². The first-order valence-electron chi connectivity index (χ1n) is 11.8. The third-order valence-electron chi connectivity index (χ3n) is 6.17. The Morgan fingerprint density at radius 1 is 1.12 bits per heavy atom. The van der Waals surface area contributed by atoms with Crippen molar-refractivity contribution in [1.29, 1.82) is 0 Å². The first-order chi connectivity index (χ1) is 19.3. The van der Waals surface area contributed by atoms with Crippen LogP contribution < -0.4 is 9.04 Å². The largest absolute Gasteiger partial charge is 0.486 e. The molecular weight excluding hydrogens is 594 g/mol. The molecule has 9 nitrogen and oxygen atoms in total. The molecule has 4 aromatic rings. The van der Waals surface area contributed by atoms with Crippen molar-refractivity contribution in [2.45, 2.75) is 30.0 Å². The van der Waals surface area contributed by atoms with Crippen LogP contribution in [0.2, 0.25) is 5.02 Å². The molecule has 0 aliphatic carbocycles. The van der Waals surface area contributed by atoms with Gasteiger partial charge in [0.25, 0.3) is 15.9 Å². The number of anilines is 1. The van der Waals surface area contributed by atoms with Gasteiger partial charge in [-0.3, -0.25) is 9.10 Å². The molecule has 214 valence electrons. The second kappa shape index (κ2) is 10.7. The Morgan fingerprint density at radius 3 is 2.61 bits per heavy atom. The van der Waals surface area contributed by atoms with Gasteiger partial charge < -0.3 is 14.4 Å². The number of hydrogen-bond acceptors (Lipinski definition) is 7. The predicted molar refractivity (Wildman–Crippen MR) is 137 cm³/mol. The number of carboxylic acid groups (broad SMARTS) is 1. The van der Waals surface area contributed by atoms with Gasteiger partial charge in [-0.1, -0.05) is 22.8 Å². The minimum Gasteiger partial charge on any atom is -0.486 e. The molecule has 1 aliphatic rings. The molecule has 0 radical (unpaired) electrons. The normalized spacial score (nSPS) is 15.3. The van der Waals surface area contributed by atoms with Crippen molar-refractivity contribution in [3.05, 3.63) is 77.1 Å². The summed E-state index contributed by atoms with van der Waals surface area (Å²) in [6, 6.07) is 11.1. The van der Waals surface area contributed by atoms with E-state index in [9.17, 15) is 30.8 Å². The lowest BCUT2D eigenvalue weighted by Gasteiger charge is -2.35. The van der Waals surface area contributed by atoms with Crippen LogP contribution in [0.1, 0.15) is 18.4 Å². The van der Waals surface area contributed by atoms with Crippen LogP contribution in [0.3, 0.4) is 0 Å². The molecule has 41 heavy (non-hydrogen) atoms. The van der Waals surface area contributed by atoms with Crippen molar-refractivity contribution in [3.8, 4) is 28.6 Å². The zero-order chi connectivity index (χ0) is 29.5. The number of alkyl halides is 3. The number of rotatable bonds is 7. The van der Waals surface area contributed by atoms with Gasteiger partial charge in [-0.2, -0.15) is 18.2 Å². The van der Waals surface area contributed by atoms with E-state index in [4.69, 9.17) is 26.0 Å². The number of aromatic nitrogens is 2. The zero-order valence-corrected chi connectivity index (χ0v) is 22.2. The molecule has 1 N–H and O–H groups in total. The van der Waals surface area contributed by atoms with Gasteiger partial charge in [0, 0.05) is 12.0 Å². The molecule has 0 bridgehead atoms. The quantitative estimate of drug-likeness (QED) is 0.251. The van der Waals surface area contributed by atoms with E-state index < -0.39 is 44.5 Å². The van der Waals surface area contributed by atoms with E-state index in [1.807, 2.05) is 0 Å². The molecule has 5 rings (SSSR count). The topological polar surface area (TPSA) is 123 Å². The number of aliphatic carboxylic acids is 1. The molecule has 3 aromatic carbocycles. The molecular formula is C26H18ClF4N3O6S. The Hall–Kier alpha value is -4.17. The van der Waals surface area contributed by atoms with Crippen LogP contribution in [0, 0.1) is 5.82 Å². The molecule has 1 atom stereocenters. The Labute approximate surface area is 235 Å². The number of ether oxygens (including phenoxy) is 1. The summed E-state index contributed by atoms with van der Waals surface area (Å²) in [5, 5.41) is 13.0. The SMILES string of the molecule is O=C(O)CCC1CN(S(=O)(=O)c2cccc(C(F)(F)F)c2)c2cc(-c3noc(-c4ccc(F)cc4Cl)n3)ccc2O1. The number of benzene rings is 3. The molecule has 0 saturated carbocycles. The van der Waals surface area contributed by atoms with Crippen molar-refractivity contribution in [2.75, 3.05) is 10.8 Å². The van der Waals surface area contributed by atoms with E-state index in [0.717, 1.165) is 34.6 Å². The molecule has 1 aromatic heterocycles. The Morgan fingerprint density at radius 2 is 1.90 bits per heavy atom. The molecule has 0 spiro atoms. The maximum absolute atomic E-state index is 13.7. The number of fused-ring (bicyclic) bond motifs is 1. The van der Waals surface area contributed by atoms with Crippen LogP contribution >= 0.6 is 11.6 Å². The summed E-state index contributed by atoms with van der Waals surface area (Å²) in [5.74, 6) is -1.68. The molecule has 1 unspecified atom stereocenters. The summed E-state index contributed by atoms with van der Waals surface area (Å²) in [4.78, 5) is 14.8. The lowest BCUT2D eigenvalue weighted by Crippen LogP contribution is -2.43. The highest BCUT2D eigenvalue weighted by Crippen LogP contribution is 2.41. The monoisotopic (exact) mass is 611 g/mol. The number of sulfonamides is 1. The first kappa shape index (κ1) is 28.4. The number of nitrogens with zero attached hydrogens (tertiary/aromatic N) is 3. The summed E-state index contributed by atoms with van der Waals surface area (Å²) in [6.45, 7) is -0.370. The minimum absolute atomic E-state index is 0.00705. The van der Waals surface area contributed by atoms with Gasteiger partial charge in [-0.05, 0) is 61.0 Å². The van der Waals surface area contributed by atoms with Crippen LogP contribution in [0.15, 0.2) is 70.1 Å². The lowest BCUT2D eigenvalue weighted by molar-refractivity contribution is -0.138. The van der Waals surface area contributed by atoms with Gasteiger partial charge in [-0.15, -0.1) is 0 Å². The fourth-order valence-electron chi connectivity index (χ4n) is 4.19. The highest BCUT2D eigenvalue weighted by Gasteiger charge is 2.37. The molecule has 1 aliphatic heterocycles. The number of hydrogen-bond donors (Lipinski definition) is 1.